The molecule has 0 N–H and O–H groups in total. The average molecular weight is 214 g/mol. The smallest absolute Gasteiger partial charge is 0.171 e. The summed E-state index contributed by atoms with van der Waals surface area (Å²) in [5, 5.41) is 0. The molecule has 14 heavy (non-hydrogen) atoms. The van der Waals surface area contributed by atoms with Crippen LogP contribution in [0, 0.1) is 11.3 Å². The van der Waals surface area contributed by atoms with E-state index < -0.39 is 9.04 Å². The molecule has 0 saturated heterocycles. The summed E-state index contributed by atoms with van der Waals surface area (Å²) >= 11 is 0. The van der Waals surface area contributed by atoms with Crippen molar-refractivity contribution in [3.05, 3.63) is 0 Å². The van der Waals surface area contributed by atoms with E-state index in [1.54, 1.807) is 0 Å². The lowest BCUT2D eigenvalue weighted by molar-refractivity contribution is -0.123. The predicted molar refractivity (Wildman–Crippen MR) is 60.9 cm³/mol. The zero-order valence-electron chi connectivity index (χ0n) is 9.96. The second kappa shape index (κ2) is 4.15. The first-order valence-electron chi connectivity index (χ1n) is 5.49. The predicted octanol–water partition coefficient (Wildman–Crippen LogP) is 2.38. The Morgan fingerprint density at radius 3 is 2.29 bits per heavy atom. The van der Waals surface area contributed by atoms with Crippen molar-refractivity contribution in [3.63, 3.8) is 0 Å². The van der Waals surface area contributed by atoms with Crippen LogP contribution < -0.4 is 0 Å². The summed E-state index contributed by atoms with van der Waals surface area (Å²) in [6.07, 6.45) is 1.58. The molecule has 0 aromatic heterocycles. The van der Waals surface area contributed by atoms with E-state index in [0.29, 0.717) is 11.7 Å². The fourth-order valence-electron chi connectivity index (χ4n) is 1.97. The molecule has 0 radical (unpaired) electrons. The molecule has 0 aromatic rings. The number of carbonyl (C=O) groups excluding carboxylic acids is 1. The highest BCUT2D eigenvalue weighted by molar-refractivity contribution is 6.48. The molecule has 0 bridgehead atoms. The summed E-state index contributed by atoms with van der Waals surface area (Å²) in [5.41, 5.74) is 0.242. The van der Waals surface area contributed by atoms with E-state index in [0.717, 1.165) is 12.8 Å². The van der Waals surface area contributed by atoms with Crippen LogP contribution in [-0.2, 0) is 9.22 Å². The van der Waals surface area contributed by atoms with Crippen LogP contribution in [-0.4, -0.2) is 20.9 Å². The number of ketones is 1. The molecule has 0 spiro atoms. The van der Waals surface area contributed by atoms with Gasteiger partial charge in [0.15, 0.2) is 14.8 Å². The van der Waals surface area contributed by atoms with Gasteiger partial charge in [0.05, 0.1) is 0 Å². The van der Waals surface area contributed by atoms with Crippen molar-refractivity contribution in [2.75, 3.05) is 0 Å². The molecule has 1 fully saturated rings. The van der Waals surface area contributed by atoms with Gasteiger partial charge in [-0.05, 0) is 30.8 Å². The van der Waals surface area contributed by atoms with Gasteiger partial charge >= 0.3 is 0 Å². The monoisotopic (exact) mass is 214 g/mol. The standard InChI is InChI=1S/C11H22O2Si/c1-11(2,3)8-6-9(12)10(7-8)13-14(4)5/h8,10,14H,6-7H2,1-5H3. The van der Waals surface area contributed by atoms with Crippen molar-refractivity contribution >= 4 is 14.8 Å². The van der Waals surface area contributed by atoms with Gasteiger partial charge in [-0.25, -0.2) is 0 Å². The highest BCUT2D eigenvalue weighted by Crippen LogP contribution is 2.38. The Morgan fingerprint density at radius 2 is 1.93 bits per heavy atom. The van der Waals surface area contributed by atoms with E-state index in [-0.39, 0.29) is 11.5 Å². The van der Waals surface area contributed by atoms with E-state index in [1.165, 1.54) is 0 Å². The largest absolute Gasteiger partial charge is 0.411 e. The number of hydrogen-bond donors (Lipinski definition) is 0. The lowest BCUT2D eigenvalue weighted by Gasteiger charge is -2.26. The third kappa shape index (κ3) is 2.92. The maximum atomic E-state index is 11.7. The van der Waals surface area contributed by atoms with Crippen LogP contribution in [0.3, 0.4) is 0 Å². The third-order valence-electron chi connectivity index (χ3n) is 2.97. The molecule has 1 rings (SSSR count). The fraction of sp³-hybridized carbons (Fsp3) is 0.909. The van der Waals surface area contributed by atoms with E-state index in [9.17, 15) is 4.79 Å². The van der Waals surface area contributed by atoms with Crippen molar-refractivity contribution < 1.29 is 9.22 Å². The zero-order chi connectivity index (χ0) is 10.9. The highest BCUT2D eigenvalue weighted by atomic mass is 28.3. The fourth-order valence-corrected chi connectivity index (χ4v) is 2.89. The van der Waals surface area contributed by atoms with Gasteiger partial charge in [-0.3, -0.25) is 4.79 Å². The molecular formula is C11H22O2Si. The first kappa shape index (κ1) is 11.9. The van der Waals surface area contributed by atoms with Gasteiger partial charge in [0.25, 0.3) is 0 Å². The van der Waals surface area contributed by atoms with Crippen LogP contribution in [0.1, 0.15) is 33.6 Å². The number of Topliss-reactive ketones (excluding diaryl/α,β-unsaturated/α-hetero) is 1. The minimum Gasteiger partial charge on any atom is -0.411 e. The van der Waals surface area contributed by atoms with E-state index in [2.05, 4.69) is 33.9 Å². The van der Waals surface area contributed by atoms with Crippen molar-refractivity contribution in [1.82, 2.24) is 0 Å². The van der Waals surface area contributed by atoms with Crippen LogP contribution >= 0.6 is 0 Å². The molecular weight excluding hydrogens is 192 g/mol. The number of carbonyl (C=O) groups is 1. The molecule has 0 aromatic carbocycles. The molecule has 2 nitrogen and oxygen atoms in total. The molecule has 0 heterocycles. The summed E-state index contributed by atoms with van der Waals surface area (Å²) in [5.74, 6) is 0.832. The van der Waals surface area contributed by atoms with Crippen molar-refractivity contribution in [1.29, 1.82) is 0 Å². The normalized spacial score (nSPS) is 28.9. The van der Waals surface area contributed by atoms with Gasteiger partial charge in [-0.2, -0.15) is 0 Å². The van der Waals surface area contributed by atoms with Crippen molar-refractivity contribution in [2.45, 2.75) is 52.8 Å². The van der Waals surface area contributed by atoms with Crippen LogP contribution in [0.4, 0.5) is 0 Å². The molecule has 1 aliphatic carbocycles. The maximum absolute atomic E-state index is 11.7. The van der Waals surface area contributed by atoms with Gasteiger partial charge in [-0.1, -0.05) is 20.8 Å². The minimum atomic E-state index is -1.06. The molecule has 0 amide bonds. The Bertz CT molecular complexity index is 218. The van der Waals surface area contributed by atoms with E-state index >= 15 is 0 Å². The van der Waals surface area contributed by atoms with Crippen LogP contribution in [0.2, 0.25) is 13.1 Å². The third-order valence-corrected chi connectivity index (χ3v) is 3.84. The molecule has 2 atom stereocenters. The van der Waals surface area contributed by atoms with Crippen LogP contribution in [0.25, 0.3) is 0 Å². The molecule has 0 aliphatic heterocycles. The summed E-state index contributed by atoms with van der Waals surface area (Å²) in [4.78, 5) is 11.7. The van der Waals surface area contributed by atoms with Gasteiger partial charge in [0.2, 0.25) is 0 Å². The van der Waals surface area contributed by atoms with E-state index in [1.807, 2.05) is 0 Å². The minimum absolute atomic E-state index is 0.0779. The zero-order valence-corrected chi connectivity index (χ0v) is 11.1. The molecule has 1 saturated carbocycles. The van der Waals surface area contributed by atoms with Crippen LogP contribution in [0.15, 0.2) is 0 Å². The van der Waals surface area contributed by atoms with E-state index in [4.69, 9.17) is 4.43 Å². The lowest BCUT2D eigenvalue weighted by atomic mass is 9.80. The Balaban J connectivity index is 2.56. The second-order valence-corrected chi connectivity index (χ2v) is 8.01. The molecule has 1 aliphatic rings. The molecule has 3 heteroatoms. The summed E-state index contributed by atoms with van der Waals surface area (Å²) in [6.45, 7) is 10.9. The van der Waals surface area contributed by atoms with Gasteiger partial charge in [-0.15, -0.1) is 0 Å². The molecule has 82 valence electrons. The highest BCUT2D eigenvalue weighted by Gasteiger charge is 2.39. The first-order valence-corrected chi connectivity index (χ1v) is 8.27. The van der Waals surface area contributed by atoms with Gasteiger partial charge in [0, 0.05) is 6.42 Å². The number of hydrogen-bond acceptors (Lipinski definition) is 2. The topological polar surface area (TPSA) is 26.3 Å². The van der Waals surface area contributed by atoms with Crippen molar-refractivity contribution in [3.8, 4) is 0 Å². The summed E-state index contributed by atoms with van der Waals surface area (Å²) < 4.78 is 5.74. The second-order valence-electron chi connectivity index (χ2n) is 5.64. The van der Waals surface area contributed by atoms with Gasteiger partial charge in [0.1, 0.15) is 6.10 Å². The quantitative estimate of drug-likeness (QED) is 0.660. The maximum Gasteiger partial charge on any atom is 0.171 e. The number of rotatable bonds is 2. The lowest BCUT2D eigenvalue weighted by Crippen LogP contribution is -2.24. The van der Waals surface area contributed by atoms with Crippen molar-refractivity contribution in [2.24, 2.45) is 11.3 Å². The summed E-state index contributed by atoms with van der Waals surface area (Å²) in [7, 11) is -1.06. The first-order chi connectivity index (χ1) is 6.30. The van der Waals surface area contributed by atoms with Gasteiger partial charge < -0.3 is 4.43 Å². The Morgan fingerprint density at radius 1 is 1.36 bits per heavy atom. The average Bonchev–Trinajstić information content (AvgIpc) is 2.30. The SMILES string of the molecule is C[SiH](C)OC1CC(C(C)(C)C)CC1=O. The molecule has 2 unspecified atom stereocenters. The Labute approximate surface area is 88.8 Å². The summed E-state index contributed by atoms with van der Waals surface area (Å²) in [6, 6.07) is 0. The Hall–Kier alpha value is -0.153. The van der Waals surface area contributed by atoms with Crippen LogP contribution in [0.5, 0.6) is 0 Å². The Kier molecular flexibility index (Phi) is 3.53.